The van der Waals surface area contributed by atoms with Crippen LogP contribution in [0.3, 0.4) is 0 Å². The van der Waals surface area contributed by atoms with E-state index in [1.54, 1.807) is 24.3 Å². The Labute approximate surface area is 275 Å². The molecule has 1 aromatic heterocycles. The summed E-state index contributed by atoms with van der Waals surface area (Å²) in [7, 11) is 1.52. The van der Waals surface area contributed by atoms with Gasteiger partial charge in [0.05, 0.1) is 25.6 Å². The van der Waals surface area contributed by atoms with Gasteiger partial charge in [-0.1, -0.05) is 30.3 Å². The lowest BCUT2D eigenvalue weighted by Crippen LogP contribution is -2.62. The Kier molecular flexibility index (Phi) is 9.23. The molecule has 10 rings (SSSR count). The van der Waals surface area contributed by atoms with Crippen molar-refractivity contribution in [3.63, 3.8) is 0 Å². The zero-order chi connectivity index (χ0) is 33.7. The first-order valence-corrected chi connectivity index (χ1v) is 15.4. The molecule has 48 heavy (non-hydrogen) atoms. The number of carbonyl (C=O) groups is 3. The van der Waals surface area contributed by atoms with Crippen LogP contribution in [0.5, 0.6) is 17.2 Å². The second-order valence-corrected chi connectivity index (χ2v) is 11.4. The molecule has 4 aromatic rings. The third-order valence-electron chi connectivity index (χ3n) is 7.87. The summed E-state index contributed by atoms with van der Waals surface area (Å²) in [6.45, 7) is 2.02. The van der Waals surface area contributed by atoms with Crippen LogP contribution in [-0.4, -0.2) is 59.6 Å². The maximum Gasteiger partial charge on any atom is 0.278 e. The number of halogens is 1. The molecule has 13 nitrogen and oxygen atoms in total. The Morgan fingerprint density at radius 3 is 2.50 bits per heavy atom. The van der Waals surface area contributed by atoms with Gasteiger partial charge in [-0.25, -0.2) is 9.37 Å². The van der Waals surface area contributed by atoms with Crippen LogP contribution in [0.2, 0.25) is 0 Å². The van der Waals surface area contributed by atoms with E-state index in [1.807, 2.05) is 30.3 Å². The fraction of sp³-hybridized carbons (Fsp3) is 0.265. The second kappa shape index (κ2) is 13.8. The van der Waals surface area contributed by atoms with Gasteiger partial charge in [-0.2, -0.15) is 4.98 Å². The molecule has 0 radical (unpaired) electrons. The SMILES string of the molecule is COc1cc2ccc1OCCCCNC(=O)[C@@H](Cc1ccccc1)NC(=O)[C@@]1(C)Oc3ccc(cc3NC1=O)Nc1nc(ncc1F)N2. The summed E-state index contributed by atoms with van der Waals surface area (Å²) >= 11 is 0. The van der Waals surface area contributed by atoms with Crippen LogP contribution < -0.4 is 40.8 Å². The minimum Gasteiger partial charge on any atom is -0.493 e. The maximum absolute atomic E-state index is 14.8. The zero-order valence-corrected chi connectivity index (χ0v) is 26.3. The highest BCUT2D eigenvalue weighted by atomic mass is 19.1. The van der Waals surface area contributed by atoms with Crippen molar-refractivity contribution in [2.24, 2.45) is 0 Å². The molecular formula is C34H34FN7O6. The fourth-order valence-electron chi connectivity index (χ4n) is 5.20. The molecule has 2 atom stereocenters. The van der Waals surface area contributed by atoms with Crippen molar-refractivity contribution >= 4 is 46.5 Å². The van der Waals surface area contributed by atoms with Gasteiger partial charge in [-0.15, -0.1) is 0 Å². The minimum atomic E-state index is -1.99. The van der Waals surface area contributed by atoms with Gasteiger partial charge in [0.1, 0.15) is 11.8 Å². The third-order valence-corrected chi connectivity index (χ3v) is 7.87. The molecule has 14 heteroatoms. The average molecular weight is 656 g/mol. The molecule has 0 aliphatic carbocycles. The highest BCUT2D eigenvalue weighted by Gasteiger charge is 2.48. The Morgan fingerprint density at radius 2 is 1.71 bits per heavy atom. The van der Waals surface area contributed by atoms with Crippen LogP contribution in [-0.2, 0) is 20.8 Å². The number of hydrogen-bond acceptors (Lipinski definition) is 10. The number of amides is 3. The predicted molar refractivity (Wildman–Crippen MR) is 175 cm³/mol. The largest absolute Gasteiger partial charge is 0.493 e. The van der Waals surface area contributed by atoms with Crippen molar-refractivity contribution in [3.8, 4) is 17.2 Å². The molecule has 0 fully saturated rings. The van der Waals surface area contributed by atoms with E-state index >= 15 is 0 Å². The van der Waals surface area contributed by atoms with E-state index in [0.29, 0.717) is 48.9 Å². The van der Waals surface area contributed by atoms with E-state index in [2.05, 4.69) is 36.6 Å². The van der Waals surface area contributed by atoms with Crippen LogP contribution in [0.1, 0.15) is 25.3 Å². The van der Waals surface area contributed by atoms with Crippen LogP contribution >= 0.6 is 0 Å². The number of hydrogen-bond donors (Lipinski definition) is 5. The van der Waals surface area contributed by atoms with Crippen LogP contribution in [0.15, 0.2) is 72.9 Å². The van der Waals surface area contributed by atoms with E-state index in [9.17, 15) is 18.8 Å². The first-order valence-electron chi connectivity index (χ1n) is 15.4. The number of nitrogens with zero attached hydrogens (tertiary/aromatic N) is 2. The highest BCUT2D eigenvalue weighted by molar-refractivity contribution is 6.16. The number of benzene rings is 3. The number of aromatic nitrogens is 2. The van der Waals surface area contributed by atoms with Gasteiger partial charge in [0, 0.05) is 30.4 Å². The number of methoxy groups -OCH3 is 1. The number of ether oxygens (including phenoxy) is 3. The quantitative estimate of drug-likeness (QED) is 0.202. The Balaban J connectivity index is 1.30. The van der Waals surface area contributed by atoms with Gasteiger partial charge in [0.2, 0.25) is 11.9 Å². The second-order valence-electron chi connectivity index (χ2n) is 11.4. The van der Waals surface area contributed by atoms with Crippen molar-refractivity contribution < 1.29 is 33.0 Å². The molecule has 0 unspecified atom stereocenters. The molecule has 3 aromatic carbocycles. The lowest BCUT2D eigenvalue weighted by atomic mass is 9.99. The minimum absolute atomic E-state index is 0.115. The molecule has 0 saturated heterocycles. The number of anilines is 5. The maximum atomic E-state index is 14.8. The monoisotopic (exact) mass is 655 g/mol. The molecule has 6 aliphatic rings. The average Bonchev–Trinajstić information content (AvgIpc) is 3.08. The predicted octanol–water partition coefficient (Wildman–Crippen LogP) is 4.22. The molecule has 3 amide bonds. The van der Waals surface area contributed by atoms with E-state index < -0.39 is 35.2 Å². The van der Waals surface area contributed by atoms with Crippen molar-refractivity contribution in [2.75, 3.05) is 36.2 Å². The summed E-state index contributed by atoms with van der Waals surface area (Å²) < 4.78 is 32.2. The summed E-state index contributed by atoms with van der Waals surface area (Å²) in [5.74, 6) is -1.46. The molecule has 248 valence electrons. The summed E-state index contributed by atoms with van der Waals surface area (Å²) in [5, 5.41) is 14.3. The van der Waals surface area contributed by atoms with Gasteiger partial charge in [-0.3, -0.25) is 14.4 Å². The van der Waals surface area contributed by atoms with Crippen LogP contribution in [0.4, 0.5) is 33.2 Å². The number of carbonyl (C=O) groups excluding carboxylic acids is 3. The fourth-order valence-corrected chi connectivity index (χ4v) is 5.20. The molecule has 7 heterocycles. The Bertz CT molecular complexity index is 1840. The molecule has 0 saturated carbocycles. The van der Waals surface area contributed by atoms with Gasteiger partial charge < -0.3 is 40.8 Å². The molecule has 0 spiro atoms. The van der Waals surface area contributed by atoms with E-state index in [0.717, 1.165) is 11.8 Å². The first kappa shape index (κ1) is 32.0. The summed E-state index contributed by atoms with van der Waals surface area (Å²) in [6.07, 6.45) is 2.43. The van der Waals surface area contributed by atoms with Crippen molar-refractivity contribution in [1.82, 2.24) is 20.6 Å². The Hall–Kier alpha value is -5.92. The molecule has 5 N–H and O–H groups in total. The normalized spacial score (nSPS) is 19.6. The Morgan fingerprint density at radius 1 is 0.938 bits per heavy atom. The summed E-state index contributed by atoms with van der Waals surface area (Å²) in [4.78, 5) is 48.7. The van der Waals surface area contributed by atoms with E-state index in [-0.39, 0.29) is 29.6 Å². The van der Waals surface area contributed by atoms with Crippen molar-refractivity contribution in [2.45, 2.75) is 37.8 Å². The molecule has 8 bridgehead atoms. The lowest BCUT2D eigenvalue weighted by Gasteiger charge is -2.34. The summed E-state index contributed by atoms with van der Waals surface area (Å²) in [6, 6.07) is 18.1. The van der Waals surface area contributed by atoms with Gasteiger partial charge >= 0.3 is 0 Å². The number of rotatable bonds is 3. The molecular weight excluding hydrogens is 621 g/mol. The van der Waals surface area contributed by atoms with E-state index in [1.165, 1.54) is 26.2 Å². The van der Waals surface area contributed by atoms with Gasteiger partial charge in [0.15, 0.2) is 23.1 Å². The highest BCUT2D eigenvalue weighted by Crippen LogP contribution is 2.37. The van der Waals surface area contributed by atoms with Crippen molar-refractivity contribution in [3.05, 3.63) is 84.3 Å². The zero-order valence-electron chi connectivity index (χ0n) is 26.3. The molecule has 6 aliphatic heterocycles. The first-order chi connectivity index (χ1) is 23.2. The van der Waals surface area contributed by atoms with Gasteiger partial charge in [0.25, 0.3) is 17.4 Å². The van der Waals surface area contributed by atoms with Crippen molar-refractivity contribution in [1.29, 1.82) is 0 Å². The topological polar surface area (TPSA) is 165 Å². The van der Waals surface area contributed by atoms with E-state index in [4.69, 9.17) is 14.2 Å². The third kappa shape index (κ3) is 7.07. The van der Waals surface area contributed by atoms with Gasteiger partial charge in [-0.05, 0) is 55.7 Å². The summed E-state index contributed by atoms with van der Waals surface area (Å²) in [5.41, 5.74) is 0.0408. The lowest BCUT2D eigenvalue weighted by molar-refractivity contribution is -0.148. The van der Waals surface area contributed by atoms with Crippen LogP contribution in [0.25, 0.3) is 0 Å². The van der Waals surface area contributed by atoms with Crippen LogP contribution in [0, 0.1) is 5.82 Å². The number of nitrogens with one attached hydrogen (secondary N) is 5. The smallest absolute Gasteiger partial charge is 0.278 e. The standard InChI is InChI=1S/C34H34FN7O6/c1-34-31(44)40-24-17-21(10-12-26(24)48-34)38-29-23(35)19-37-33(42-29)39-22-11-13-27(28(18-22)46-2)47-15-7-6-14-36-30(43)25(41-32(34)45)16-20-8-4-3-5-9-20/h3-5,8-13,17-19,25H,6-7,14-16H2,1-2H3,(H,36,43)(H,40,44)(H,41,45)(H2,37,38,39,42)/t25-,34+/m1/s1.